The van der Waals surface area contributed by atoms with Gasteiger partial charge in [-0.2, -0.15) is 0 Å². The number of sulfonamides is 1. The van der Waals surface area contributed by atoms with Crippen molar-refractivity contribution in [3.63, 3.8) is 0 Å². The van der Waals surface area contributed by atoms with Crippen LogP contribution in [0.15, 0.2) is 70.6 Å². The van der Waals surface area contributed by atoms with Crippen molar-refractivity contribution in [1.29, 1.82) is 0 Å². The normalized spacial score (nSPS) is 13.3. The highest BCUT2D eigenvalue weighted by atomic mass is 32.2. The molecule has 0 bridgehead atoms. The summed E-state index contributed by atoms with van der Waals surface area (Å²) in [5.41, 5.74) is 2.74. The highest BCUT2D eigenvalue weighted by Gasteiger charge is 2.24. The van der Waals surface area contributed by atoms with Gasteiger partial charge in [0.25, 0.3) is 5.56 Å². The number of nitrogens with one attached hydrogen (secondary N) is 1. The maximum absolute atomic E-state index is 12.7. The summed E-state index contributed by atoms with van der Waals surface area (Å²) in [6, 6.07) is 15.5. The second kappa shape index (κ2) is 8.44. The number of carbonyl (C=O) groups excluding carboxylic acids is 1. The Bertz CT molecular complexity index is 1290. The van der Waals surface area contributed by atoms with Crippen LogP contribution in [-0.2, 0) is 27.8 Å². The van der Waals surface area contributed by atoms with Crippen LogP contribution >= 0.6 is 0 Å². The van der Waals surface area contributed by atoms with Gasteiger partial charge in [0.15, 0.2) is 0 Å². The van der Waals surface area contributed by atoms with Crippen LogP contribution in [0.3, 0.4) is 0 Å². The lowest BCUT2D eigenvalue weighted by atomic mass is 10.1. The molecule has 8 nitrogen and oxygen atoms in total. The minimum atomic E-state index is -3.74. The topological polar surface area (TPSA) is 101 Å². The van der Waals surface area contributed by atoms with Crippen LogP contribution in [0.25, 0.3) is 11.3 Å². The van der Waals surface area contributed by atoms with Gasteiger partial charge in [-0.1, -0.05) is 30.3 Å². The molecule has 0 unspecified atom stereocenters. The molecular formula is C22H22N4O4S. The maximum atomic E-state index is 12.7. The van der Waals surface area contributed by atoms with Gasteiger partial charge in [-0.25, -0.2) is 18.1 Å². The van der Waals surface area contributed by atoms with Gasteiger partial charge < -0.3 is 4.90 Å². The minimum absolute atomic E-state index is 0.0469. The monoisotopic (exact) mass is 438 g/mol. The molecule has 1 amide bonds. The summed E-state index contributed by atoms with van der Waals surface area (Å²) in [5, 5.41) is 0. The number of benzene rings is 2. The molecule has 1 aliphatic rings. The van der Waals surface area contributed by atoms with Gasteiger partial charge in [0.2, 0.25) is 15.9 Å². The lowest BCUT2D eigenvalue weighted by Gasteiger charge is -2.15. The van der Waals surface area contributed by atoms with Crippen molar-refractivity contribution in [3.8, 4) is 11.3 Å². The number of anilines is 1. The molecule has 0 spiro atoms. The van der Waals surface area contributed by atoms with Crippen molar-refractivity contribution in [2.45, 2.75) is 24.8 Å². The van der Waals surface area contributed by atoms with Crippen molar-refractivity contribution >= 4 is 21.6 Å². The molecule has 9 heteroatoms. The molecule has 0 fully saturated rings. The summed E-state index contributed by atoms with van der Waals surface area (Å²) in [7, 11) is -3.74. The van der Waals surface area contributed by atoms with Crippen LogP contribution in [0.2, 0.25) is 0 Å². The fraction of sp³-hybridized carbons (Fsp3) is 0.227. The number of rotatable bonds is 6. The summed E-state index contributed by atoms with van der Waals surface area (Å²) in [6.07, 6.45) is 2.04. The Labute approximate surface area is 180 Å². The fourth-order valence-electron chi connectivity index (χ4n) is 3.62. The summed E-state index contributed by atoms with van der Waals surface area (Å²) in [5.74, 6) is -0.0650. The van der Waals surface area contributed by atoms with Crippen LogP contribution in [0.4, 0.5) is 5.69 Å². The van der Waals surface area contributed by atoms with E-state index in [-0.39, 0.29) is 29.5 Å². The van der Waals surface area contributed by atoms with Gasteiger partial charge >= 0.3 is 0 Å². The third-order valence-corrected chi connectivity index (χ3v) is 6.69. The van der Waals surface area contributed by atoms with Gasteiger partial charge in [0, 0.05) is 43.9 Å². The molecule has 0 atom stereocenters. The largest absolute Gasteiger partial charge is 0.312 e. The predicted molar refractivity (Wildman–Crippen MR) is 117 cm³/mol. The Kier molecular flexibility index (Phi) is 5.71. The van der Waals surface area contributed by atoms with E-state index in [1.165, 1.54) is 30.0 Å². The first-order valence-electron chi connectivity index (χ1n) is 9.88. The number of carbonyl (C=O) groups is 1. The first kappa shape index (κ1) is 21.0. The number of nitrogens with zero attached hydrogens (tertiary/aromatic N) is 3. The number of amides is 1. The zero-order valence-electron chi connectivity index (χ0n) is 17.0. The molecule has 0 aliphatic carbocycles. The maximum Gasteiger partial charge on any atom is 0.253 e. The molecule has 2 aromatic carbocycles. The molecule has 0 radical (unpaired) electrons. The smallest absolute Gasteiger partial charge is 0.253 e. The highest BCUT2D eigenvalue weighted by molar-refractivity contribution is 7.89. The van der Waals surface area contributed by atoms with E-state index in [2.05, 4.69) is 9.71 Å². The molecule has 3 aromatic rings. The van der Waals surface area contributed by atoms with E-state index < -0.39 is 10.0 Å². The van der Waals surface area contributed by atoms with Gasteiger partial charge in [-0.3, -0.25) is 14.2 Å². The predicted octanol–water partition coefficient (Wildman–Crippen LogP) is 1.80. The Hall–Kier alpha value is -3.30. The Morgan fingerprint density at radius 3 is 2.61 bits per heavy atom. The fourth-order valence-corrected chi connectivity index (χ4v) is 4.69. The van der Waals surface area contributed by atoms with Gasteiger partial charge in [-0.05, 0) is 30.2 Å². The average Bonchev–Trinajstić information content (AvgIpc) is 3.19. The van der Waals surface area contributed by atoms with Crippen LogP contribution in [-0.4, -0.2) is 37.0 Å². The van der Waals surface area contributed by atoms with Crippen molar-refractivity contribution in [2.75, 3.05) is 18.0 Å². The van der Waals surface area contributed by atoms with Gasteiger partial charge in [0.1, 0.15) is 0 Å². The van der Waals surface area contributed by atoms with Crippen molar-refractivity contribution < 1.29 is 13.2 Å². The zero-order valence-corrected chi connectivity index (χ0v) is 17.8. The molecule has 4 rings (SSSR count). The van der Waals surface area contributed by atoms with Gasteiger partial charge in [-0.15, -0.1) is 0 Å². The molecule has 1 aromatic heterocycles. The Morgan fingerprint density at radius 2 is 1.90 bits per heavy atom. The third kappa shape index (κ3) is 4.42. The molecule has 0 saturated carbocycles. The Balaban J connectivity index is 1.43. The summed E-state index contributed by atoms with van der Waals surface area (Å²) in [6.45, 7) is 2.25. The van der Waals surface area contributed by atoms with E-state index in [1.807, 2.05) is 30.3 Å². The lowest BCUT2D eigenvalue weighted by Crippen LogP contribution is -2.31. The van der Waals surface area contributed by atoms with E-state index >= 15 is 0 Å². The Morgan fingerprint density at radius 1 is 1.13 bits per heavy atom. The third-order valence-electron chi connectivity index (χ3n) is 5.23. The van der Waals surface area contributed by atoms with Crippen LogP contribution < -0.4 is 15.2 Å². The molecule has 31 heavy (non-hydrogen) atoms. The summed E-state index contributed by atoms with van der Waals surface area (Å²) >= 11 is 0. The first-order valence-corrected chi connectivity index (χ1v) is 11.4. The molecular weight excluding hydrogens is 416 g/mol. The van der Waals surface area contributed by atoms with Crippen LogP contribution in [0, 0.1) is 0 Å². The lowest BCUT2D eigenvalue weighted by molar-refractivity contribution is -0.116. The second-order valence-corrected chi connectivity index (χ2v) is 9.05. The highest BCUT2D eigenvalue weighted by Crippen LogP contribution is 2.30. The quantitative estimate of drug-likeness (QED) is 0.632. The van der Waals surface area contributed by atoms with Gasteiger partial charge in [0.05, 0.1) is 16.9 Å². The van der Waals surface area contributed by atoms with E-state index in [0.29, 0.717) is 18.7 Å². The van der Waals surface area contributed by atoms with E-state index in [9.17, 15) is 18.0 Å². The van der Waals surface area contributed by atoms with Crippen molar-refractivity contribution in [2.24, 2.45) is 0 Å². The number of fused-ring (bicyclic) bond motifs is 1. The minimum Gasteiger partial charge on any atom is -0.312 e. The van der Waals surface area contributed by atoms with Crippen LogP contribution in [0.5, 0.6) is 0 Å². The van der Waals surface area contributed by atoms with E-state index in [0.717, 1.165) is 16.8 Å². The number of hydrogen-bond donors (Lipinski definition) is 1. The zero-order chi connectivity index (χ0) is 22.0. The number of hydrogen-bond acceptors (Lipinski definition) is 5. The van der Waals surface area contributed by atoms with Crippen molar-refractivity contribution in [1.82, 2.24) is 14.3 Å². The molecule has 160 valence electrons. The average molecular weight is 439 g/mol. The first-order chi connectivity index (χ1) is 14.8. The van der Waals surface area contributed by atoms with E-state index in [1.54, 1.807) is 17.0 Å². The molecule has 1 aliphatic heterocycles. The molecule has 2 heterocycles. The summed E-state index contributed by atoms with van der Waals surface area (Å²) < 4.78 is 29.2. The SMILES string of the molecule is CC(=O)N1CCc2cc(S(=O)(=O)NCCn3cnc(-c4ccccc4)cc3=O)ccc21. The standard InChI is InChI=1S/C22H22N4O4S/c1-16(27)26-11-9-18-13-19(7-8-21(18)26)31(29,30)24-10-12-25-15-23-20(14-22(25)28)17-5-3-2-4-6-17/h2-8,13-15,24H,9-12H2,1H3. The second-order valence-electron chi connectivity index (χ2n) is 7.28. The molecule has 0 saturated heterocycles. The van der Waals surface area contributed by atoms with Crippen molar-refractivity contribution in [3.05, 3.63) is 76.8 Å². The summed E-state index contributed by atoms with van der Waals surface area (Å²) in [4.78, 5) is 30.1. The number of aromatic nitrogens is 2. The van der Waals surface area contributed by atoms with E-state index in [4.69, 9.17) is 0 Å². The van der Waals surface area contributed by atoms with Crippen LogP contribution in [0.1, 0.15) is 12.5 Å². The molecule has 1 N–H and O–H groups in total.